The van der Waals surface area contributed by atoms with Crippen LogP contribution in [0.5, 0.6) is 0 Å². The number of para-hydroxylation sites is 1. The molecule has 5 nitrogen and oxygen atoms in total. The van der Waals surface area contributed by atoms with Gasteiger partial charge in [0, 0.05) is 34.9 Å². The third-order valence-electron chi connectivity index (χ3n) is 7.69. The lowest BCUT2D eigenvalue weighted by Gasteiger charge is -2.39. The number of hydrogen-bond donors (Lipinski definition) is 1. The van der Waals surface area contributed by atoms with Crippen LogP contribution < -0.4 is 5.32 Å². The Morgan fingerprint density at radius 1 is 0.969 bits per heavy atom. The SMILES string of the molecule is Cn1c2c(c3ccccc31)SCC(=O)N(C1CCCCC1)[C@H]2C(=O)NC1CCCCCC1. The lowest BCUT2D eigenvalue weighted by Crippen LogP contribution is -2.51. The minimum absolute atomic E-state index is 0.0190. The second-order valence-corrected chi connectivity index (χ2v) is 10.8. The Bertz CT molecular complexity index is 986. The Labute approximate surface area is 195 Å². The van der Waals surface area contributed by atoms with Gasteiger partial charge >= 0.3 is 0 Å². The minimum atomic E-state index is -0.545. The van der Waals surface area contributed by atoms with Crippen molar-refractivity contribution in [2.45, 2.75) is 93.7 Å². The van der Waals surface area contributed by atoms with Gasteiger partial charge in [-0.15, -0.1) is 11.8 Å². The fraction of sp³-hybridized carbons (Fsp3) is 0.615. The van der Waals surface area contributed by atoms with E-state index in [1.807, 2.05) is 4.90 Å². The molecule has 0 unspecified atom stereocenters. The number of nitrogens with one attached hydrogen (secondary N) is 1. The maximum absolute atomic E-state index is 14.0. The van der Waals surface area contributed by atoms with Gasteiger partial charge in [0.05, 0.1) is 11.4 Å². The van der Waals surface area contributed by atoms with Crippen LogP contribution in [0.3, 0.4) is 0 Å². The summed E-state index contributed by atoms with van der Waals surface area (Å²) in [4.78, 5) is 30.6. The zero-order valence-corrected chi connectivity index (χ0v) is 20.0. The smallest absolute Gasteiger partial charge is 0.249 e. The number of carbonyl (C=O) groups excluding carboxylic acids is 2. The van der Waals surface area contributed by atoms with Crippen LogP contribution in [0.15, 0.2) is 29.2 Å². The summed E-state index contributed by atoms with van der Waals surface area (Å²) in [6.45, 7) is 0. The standard InChI is InChI=1S/C26H35N3O2S/c1-28-21-16-10-9-15-20(21)25-23(28)24(26(31)27-18-11-5-2-3-6-12-18)29(22(30)17-32-25)19-13-7-4-8-14-19/h9-10,15-16,18-19,24H,2-8,11-14,17H2,1H3,(H,27,31)/t24-/m1/s1. The Morgan fingerprint density at radius 3 is 2.38 bits per heavy atom. The van der Waals surface area contributed by atoms with Gasteiger partial charge in [-0.1, -0.05) is 63.1 Å². The molecule has 5 rings (SSSR count). The second kappa shape index (κ2) is 9.50. The predicted molar refractivity (Wildman–Crippen MR) is 130 cm³/mol. The van der Waals surface area contributed by atoms with Crippen molar-refractivity contribution < 1.29 is 9.59 Å². The molecule has 1 aliphatic heterocycles. The van der Waals surface area contributed by atoms with Gasteiger partial charge in [-0.3, -0.25) is 9.59 Å². The van der Waals surface area contributed by atoms with Crippen molar-refractivity contribution in [2.24, 2.45) is 7.05 Å². The molecular weight excluding hydrogens is 418 g/mol. The summed E-state index contributed by atoms with van der Waals surface area (Å²) in [5, 5.41) is 4.56. The number of carbonyl (C=O) groups is 2. The van der Waals surface area contributed by atoms with Crippen LogP contribution >= 0.6 is 11.8 Å². The van der Waals surface area contributed by atoms with E-state index < -0.39 is 6.04 Å². The normalized spacial score (nSPS) is 23.6. The van der Waals surface area contributed by atoms with Gasteiger partial charge in [-0.25, -0.2) is 0 Å². The Balaban J connectivity index is 1.58. The number of aryl methyl sites for hydroxylation is 1. The lowest BCUT2D eigenvalue weighted by atomic mass is 9.92. The molecule has 172 valence electrons. The number of benzene rings is 1. The van der Waals surface area contributed by atoms with E-state index in [-0.39, 0.29) is 23.9 Å². The van der Waals surface area contributed by atoms with Gasteiger partial charge in [0.15, 0.2) is 6.04 Å². The maximum Gasteiger partial charge on any atom is 0.249 e. The zero-order chi connectivity index (χ0) is 22.1. The highest BCUT2D eigenvalue weighted by atomic mass is 32.2. The van der Waals surface area contributed by atoms with Crippen molar-refractivity contribution in [1.29, 1.82) is 0 Å². The van der Waals surface area contributed by atoms with E-state index in [4.69, 9.17) is 0 Å². The number of amides is 2. The summed E-state index contributed by atoms with van der Waals surface area (Å²) in [7, 11) is 2.06. The third kappa shape index (κ3) is 4.07. The van der Waals surface area contributed by atoms with Crippen molar-refractivity contribution in [2.75, 3.05) is 5.75 Å². The summed E-state index contributed by atoms with van der Waals surface area (Å²) in [6, 6.07) is 8.19. The number of nitrogens with zero attached hydrogens (tertiary/aromatic N) is 2. The zero-order valence-electron chi connectivity index (χ0n) is 19.1. The highest BCUT2D eigenvalue weighted by Gasteiger charge is 2.42. The Hall–Kier alpha value is -1.95. The molecule has 1 aromatic heterocycles. The van der Waals surface area contributed by atoms with Crippen LogP contribution in [-0.2, 0) is 16.6 Å². The highest BCUT2D eigenvalue weighted by molar-refractivity contribution is 8.00. The van der Waals surface area contributed by atoms with Crippen LogP contribution in [0.1, 0.15) is 82.4 Å². The van der Waals surface area contributed by atoms with E-state index in [1.165, 1.54) is 32.1 Å². The minimum Gasteiger partial charge on any atom is -0.351 e. The van der Waals surface area contributed by atoms with E-state index in [0.29, 0.717) is 5.75 Å². The van der Waals surface area contributed by atoms with E-state index in [0.717, 1.165) is 60.0 Å². The monoisotopic (exact) mass is 453 g/mol. The van der Waals surface area contributed by atoms with Crippen molar-refractivity contribution >= 4 is 34.5 Å². The number of hydrogen-bond acceptors (Lipinski definition) is 3. The molecule has 3 aliphatic rings. The van der Waals surface area contributed by atoms with Crippen LogP contribution in [0.4, 0.5) is 0 Å². The van der Waals surface area contributed by atoms with E-state index in [1.54, 1.807) is 11.8 Å². The summed E-state index contributed by atoms with van der Waals surface area (Å²) in [5.41, 5.74) is 2.13. The summed E-state index contributed by atoms with van der Waals surface area (Å²) in [6.07, 6.45) is 12.5. The van der Waals surface area contributed by atoms with Crippen molar-refractivity contribution in [3.63, 3.8) is 0 Å². The molecule has 2 aromatic rings. The van der Waals surface area contributed by atoms with Gasteiger partial charge in [-0.2, -0.15) is 0 Å². The largest absolute Gasteiger partial charge is 0.351 e. The molecule has 2 amide bonds. The van der Waals surface area contributed by atoms with E-state index >= 15 is 0 Å². The van der Waals surface area contributed by atoms with Crippen molar-refractivity contribution in [1.82, 2.24) is 14.8 Å². The van der Waals surface area contributed by atoms with Crippen LogP contribution in [0.25, 0.3) is 10.9 Å². The molecule has 0 bridgehead atoms. The average molecular weight is 454 g/mol. The first kappa shape index (κ1) is 21.9. The van der Waals surface area contributed by atoms with Gasteiger partial charge in [-0.05, 0) is 31.7 Å². The molecule has 2 fully saturated rings. The number of rotatable bonds is 3. The Kier molecular flexibility index (Phi) is 6.49. The molecule has 1 aromatic carbocycles. The van der Waals surface area contributed by atoms with Gasteiger partial charge in [0.25, 0.3) is 0 Å². The van der Waals surface area contributed by atoms with Gasteiger partial charge in [0.2, 0.25) is 11.8 Å². The molecule has 1 atom stereocenters. The molecular formula is C26H35N3O2S. The van der Waals surface area contributed by atoms with E-state index in [2.05, 4.69) is 41.2 Å². The second-order valence-electron chi connectivity index (χ2n) is 9.77. The molecule has 0 radical (unpaired) electrons. The molecule has 2 saturated carbocycles. The first-order valence-corrected chi connectivity index (χ1v) is 13.5. The molecule has 0 saturated heterocycles. The van der Waals surface area contributed by atoms with Crippen molar-refractivity contribution in [3.8, 4) is 0 Å². The molecule has 32 heavy (non-hydrogen) atoms. The first-order valence-electron chi connectivity index (χ1n) is 12.5. The van der Waals surface area contributed by atoms with Crippen LogP contribution in [0.2, 0.25) is 0 Å². The maximum atomic E-state index is 14.0. The molecule has 6 heteroatoms. The van der Waals surface area contributed by atoms with Crippen LogP contribution in [0, 0.1) is 0 Å². The fourth-order valence-corrected chi connectivity index (χ4v) is 7.19. The van der Waals surface area contributed by atoms with Crippen LogP contribution in [-0.4, -0.2) is 39.1 Å². The van der Waals surface area contributed by atoms with Gasteiger partial charge in [0.1, 0.15) is 0 Å². The summed E-state index contributed by atoms with van der Waals surface area (Å²) < 4.78 is 2.17. The Morgan fingerprint density at radius 2 is 1.62 bits per heavy atom. The quantitative estimate of drug-likeness (QED) is 0.640. The molecule has 2 heterocycles. The summed E-state index contributed by atoms with van der Waals surface area (Å²) in [5.74, 6) is 0.540. The number of thioether (sulfide) groups is 1. The third-order valence-corrected chi connectivity index (χ3v) is 8.80. The highest BCUT2D eigenvalue weighted by Crippen LogP contribution is 2.44. The topological polar surface area (TPSA) is 54.3 Å². The summed E-state index contributed by atoms with van der Waals surface area (Å²) >= 11 is 1.61. The van der Waals surface area contributed by atoms with Gasteiger partial charge < -0.3 is 14.8 Å². The fourth-order valence-electron chi connectivity index (χ4n) is 6.05. The predicted octanol–water partition coefficient (Wildman–Crippen LogP) is 5.33. The van der Waals surface area contributed by atoms with Crippen molar-refractivity contribution in [3.05, 3.63) is 30.0 Å². The first-order chi connectivity index (χ1) is 15.6. The molecule has 2 aliphatic carbocycles. The number of fused-ring (bicyclic) bond motifs is 3. The average Bonchev–Trinajstić information content (AvgIpc) is 3.00. The number of aromatic nitrogens is 1. The molecule has 0 spiro atoms. The lowest BCUT2D eigenvalue weighted by molar-refractivity contribution is -0.143. The molecule has 1 N–H and O–H groups in total. The van der Waals surface area contributed by atoms with E-state index in [9.17, 15) is 9.59 Å².